The molecular weight excluding hydrogens is 269 g/mol. The molecule has 1 fully saturated rings. The maximum atomic E-state index is 6.03. The molecule has 18 heavy (non-hydrogen) atoms. The minimum Gasteiger partial charge on any atom is -0.492 e. The summed E-state index contributed by atoms with van der Waals surface area (Å²) in [6.07, 6.45) is 4.97. The third kappa shape index (κ3) is 4.34. The van der Waals surface area contributed by atoms with Gasteiger partial charge in [-0.05, 0) is 63.5 Å². The maximum Gasteiger partial charge on any atom is 0.137 e. The van der Waals surface area contributed by atoms with Gasteiger partial charge in [-0.2, -0.15) is 0 Å². The lowest BCUT2D eigenvalue weighted by molar-refractivity contribution is 0.280. The van der Waals surface area contributed by atoms with Gasteiger partial charge >= 0.3 is 0 Å². The van der Waals surface area contributed by atoms with Crippen LogP contribution in [0.3, 0.4) is 0 Å². The molecule has 100 valence electrons. The van der Waals surface area contributed by atoms with Crippen LogP contribution >= 0.6 is 23.2 Å². The highest BCUT2D eigenvalue weighted by Gasteiger charge is 2.10. The highest BCUT2D eigenvalue weighted by atomic mass is 35.5. The molecule has 2 rings (SSSR count). The first-order valence-corrected chi connectivity index (χ1v) is 7.31. The van der Waals surface area contributed by atoms with E-state index in [2.05, 4.69) is 4.90 Å². The third-order valence-electron chi connectivity index (χ3n) is 3.22. The number of nitrogens with zero attached hydrogens (tertiary/aromatic N) is 1. The van der Waals surface area contributed by atoms with Gasteiger partial charge in [-0.3, -0.25) is 0 Å². The predicted octanol–water partition coefficient (Wildman–Crippen LogP) is 4.25. The van der Waals surface area contributed by atoms with Crippen LogP contribution in [0.15, 0.2) is 18.2 Å². The van der Waals surface area contributed by atoms with Crippen molar-refractivity contribution in [2.24, 2.45) is 0 Å². The van der Waals surface area contributed by atoms with Gasteiger partial charge in [0, 0.05) is 5.02 Å². The lowest BCUT2D eigenvalue weighted by Gasteiger charge is -2.14. The van der Waals surface area contributed by atoms with Crippen LogP contribution in [-0.4, -0.2) is 31.1 Å². The molecule has 1 saturated heterocycles. The molecule has 1 aliphatic heterocycles. The van der Waals surface area contributed by atoms with Gasteiger partial charge in [0.05, 0.1) is 11.6 Å². The Morgan fingerprint density at radius 1 is 1.11 bits per heavy atom. The Labute approximate surface area is 119 Å². The molecule has 0 bridgehead atoms. The average molecular weight is 288 g/mol. The Morgan fingerprint density at radius 2 is 1.89 bits per heavy atom. The number of hydrogen-bond acceptors (Lipinski definition) is 2. The molecule has 1 aromatic carbocycles. The van der Waals surface area contributed by atoms with Crippen molar-refractivity contribution in [2.75, 3.05) is 26.2 Å². The van der Waals surface area contributed by atoms with Crippen molar-refractivity contribution < 1.29 is 4.74 Å². The van der Waals surface area contributed by atoms with Gasteiger partial charge in [0.1, 0.15) is 5.75 Å². The second-order valence-corrected chi connectivity index (χ2v) is 5.52. The SMILES string of the molecule is Clc1ccc(OCCCCN2CCCC2)c(Cl)c1. The summed E-state index contributed by atoms with van der Waals surface area (Å²) in [6, 6.07) is 5.33. The van der Waals surface area contributed by atoms with E-state index in [0.717, 1.165) is 18.8 Å². The van der Waals surface area contributed by atoms with Crippen molar-refractivity contribution in [3.8, 4) is 5.75 Å². The second-order valence-electron chi connectivity index (χ2n) is 4.68. The maximum absolute atomic E-state index is 6.03. The van der Waals surface area contributed by atoms with E-state index in [4.69, 9.17) is 27.9 Å². The molecule has 0 N–H and O–H groups in total. The number of unbranched alkanes of at least 4 members (excludes halogenated alkanes) is 1. The molecule has 0 atom stereocenters. The molecule has 0 unspecified atom stereocenters. The monoisotopic (exact) mass is 287 g/mol. The molecule has 2 nitrogen and oxygen atoms in total. The van der Waals surface area contributed by atoms with Gasteiger partial charge in [0.2, 0.25) is 0 Å². The first kappa shape index (κ1) is 14.0. The zero-order chi connectivity index (χ0) is 12.8. The molecule has 0 amide bonds. The smallest absolute Gasteiger partial charge is 0.137 e. The molecule has 0 spiro atoms. The third-order valence-corrected chi connectivity index (χ3v) is 3.75. The lowest BCUT2D eigenvalue weighted by atomic mass is 10.3. The van der Waals surface area contributed by atoms with Crippen LogP contribution in [0.5, 0.6) is 5.75 Å². The highest BCUT2D eigenvalue weighted by Crippen LogP contribution is 2.27. The Hall–Kier alpha value is -0.440. The van der Waals surface area contributed by atoms with Gasteiger partial charge < -0.3 is 9.64 Å². The summed E-state index contributed by atoms with van der Waals surface area (Å²) in [4.78, 5) is 2.52. The van der Waals surface area contributed by atoms with Crippen LogP contribution in [0.25, 0.3) is 0 Å². The Balaban J connectivity index is 1.62. The Morgan fingerprint density at radius 3 is 2.61 bits per heavy atom. The quantitative estimate of drug-likeness (QED) is 0.726. The van der Waals surface area contributed by atoms with Crippen LogP contribution in [0.4, 0.5) is 0 Å². The van der Waals surface area contributed by atoms with Crippen molar-refractivity contribution in [1.29, 1.82) is 0 Å². The van der Waals surface area contributed by atoms with E-state index < -0.39 is 0 Å². The van der Waals surface area contributed by atoms with Crippen molar-refractivity contribution in [2.45, 2.75) is 25.7 Å². The number of halogens is 2. The summed E-state index contributed by atoms with van der Waals surface area (Å²) in [5.41, 5.74) is 0. The summed E-state index contributed by atoms with van der Waals surface area (Å²) < 4.78 is 5.65. The average Bonchev–Trinajstić information content (AvgIpc) is 2.84. The molecule has 1 heterocycles. The molecule has 4 heteroatoms. The molecule has 1 aliphatic rings. The highest BCUT2D eigenvalue weighted by molar-refractivity contribution is 6.35. The van der Waals surface area contributed by atoms with E-state index in [1.165, 1.54) is 38.9 Å². The number of likely N-dealkylation sites (tertiary alicyclic amines) is 1. The fraction of sp³-hybridized carbons (Fsp3) is 0.571. The number of rotatable bonds is 6. The van der Waals surface area contributed by atoms with Gasteiger partial charge in [-0.1, -0.05) is 23.2 Å². The fourth-order valence-electron chi connectivity index (χ4n) is 2.22. The summed E-state index contributed by atoms with van der Waals surface area (Å²) >= 11 is 11.9. The van der Waals surface area contributed by atoms with Crippen LogP contribution < -0.4 is 4.74 Å². The molecule has 1 aromatic rings. The largest absolute Gasteiger partial charge is 0.492 e. The van der Waals surface area contributed by atoms with Gasteiger partial charge in [0.25, 0.3) is 0 Å². The van der Waals surface area contributed by atoms with Crippen LogP contribution in [0, 0.1) is 0 Å². The van der Waals surface area contributed by atoms with Crippen LogP contribution in [-0.2, 0) is 0 Å². The lowest BCUT2D eigenvalue weighted by Crippen LogP contribution is -2.20. The van der Waals surface area contributed by atoms with Gasteiger partial charge in [-0.15, -0.1) is 0 Å². The van der Waals surface area contributed by atoms with Crippen molar-refractivity contribution in [3.05, 3.63) is 28.2 Å². The fourth-order valence-corrected chi connectivity index (χ4v) is 2.68. The van der Waals surface area contributed by atoms with E-state index in [1.807, 2.05) is 6.07 Å². The van der Waals surface area contributed by atoms with Crippen molar-refractivity contribution in [3.63, 3.8) is 0 Å². The molecule has 0 aromatic heterocycles. The van der Waals surface area contributed by atoms with E-state index in [-0.39, 0.29) is 0 Å². The topological polar surface area (TPSA) is 12.5 Å². The summed E-state index contributed by atoms with van der Waals surface area (Å²) in [6.45, 7) is 4.45. The minimum absolute atomic E-state index is 0.585. The molecular formula is C14H19Cl2NO. The first-order chi connectivity index (χ1) is 8.75. The van der Waals surface area contributed by atoms with Crippen molar-refractivity contribution >= 4 is 23.2 Å². The Bertz CT molecular complexity index is 378. The van der Waals surface area contributed by atoms with Gasteiger partial charge in [0.15, 0.2) is 0 Å². The zero-order valence-corrected chi connectivity index (χ0v) is 12.0. The summed E-state index contributed by atoms with van der Waals surface area (Å²) in [7, 11) is 0. The summed E-state index contributed by atoms with van der Waals surface area (Å²) in [5.74, 6) is 0.724. The molecule has 0 radical (unpaired) electrons. The standard InChI is InChI=1S/C14H19Cl2NO/c15-12-5-6-14(13(16)11-12)18-10-4-3-9-17-7-1-2-8-17/h5-6,11H,1-4,7-10H2. The number of ether oxygens (including phenoxy) is 1. The second kappa shape index (κ2) is 7.22. The molecule has 0 saturated carbocycles. The van der Waals surface area contributed by atoms with Gasteiger partial charge in [-0.25, -0.2) is 0 Å². The van der Waals surface area contributed by atoms with E-state index in [0.29, 0.717) is 10.0 Å². The Kier molecular flexibility index (Phi) is 5.61. The van der Waals surface area contributed by atoms with E-state index in [9.17, 15) is 0 Å². The number of benzene rings is 1. The molecule has 0 aliphatic carbocycles. The van der Waals surface area contributed by atoms with Crippen molar-refractivity contribution in [1.82, 2.24) is 4.90 Å². The summed E-state index contributed by atoms with van der Waals surface area (Å²) in [5, 5.41) is 1.23. The minimum atomic E-state index is 0.585. The zero-order valence-electron chi connectivity index (χ0n) is 10.5. The normalized spacial score (nSPS) is 16.1. The van der Waals surface area contributed by atoms with E-state index in [1.54, 1.807) is 12.1 Å². The van der Waals surface area contributed by atoms with Crippen LogP contribution in [0.2, 0.25) is 10.0 Å². The predicted molar refractivity (Wildman–Crippen MR) is 76.9 cm³/mol. The van der Waals surface area contributed by atoms with E-state index >= 15 is 0 Å². The number of hydrogen-bond donors (Lipinski definition) is 0. The van der Waals surface area contributed by atoms with Crippen LogP contribution in [0.1, 0.15) is 25.7 Å². The first-order valence-electron chi connectivity index (χ1n) is 6.56.